The Bertz CT molecular complexity index is 366. The van der Waals surface area contributed by atoms with Gasteiger partial charge >= 0.3 is 0 Å². The normalized spacial score (nSPS) is 16.6. The van der Waals surface area contributed by atoms with Gasteiger partial charge in [0.2, 0.25) is 0 Å². The molecule has 2 nitrogen and oxygen atoms in total. The second-order valence-corrected chi connectivity index (χ2v) is 3.30. The first-order chi connectivity index (χ1) is 6.27. The Hall–Kier alpha value is -1.44. The zero-order valence-electron chi connectivity index (χ0n) is 7.25. The van der Waals surface area contributed by atoms with E-state index < -0.39 is 0 Å². The van der Waals surface area contributed by atoms with E-state index in [1.807, 2.05) is 18.2 Å². The van der Waals surface area contributed by atoms with Crippen molar-refractivity contribution in [2.45, 2.75) is 19.3 Å². The quantitative estimate of drug-likeness (QED) is 0.562. The average molecular weight is 174 g/mol. The molecular formula is C11H10O2. The largest absolute Gasteiger partial charge is 0.299 e. The first-order valence-corrected chi connectivity index (χ1v) is 4.40. The van der Waals surface area contributed by atoms with Gasteiger partial charge in [-0.25, -0.2) is 0 Å². The molecule has 0 saturated heterocycles. The molecule has 1 aromatic carbocycles. The molecule has 0 heterocycles. The average Bonchev–Trinajstić information content (AvgIpc) is 2.27. The van der Waals surface area contributed by atoms with Gasteiger partial charge in [-0.15, -0.1) is 0 Å². The zero-order chi connectivity index (χ0) is 9.26. The predicted octanol–water partition coefficient (Wildman–Crippen LogP) is 1.77. The first kappa shape index (κ1) is 8.17. The summed E-state index contributed by atoms with van der Waals surface area (Å²) < 4.78 is 0. The Kier molecular flexibility index (Phi) is 1.97. The molecule has 0 N–H and O–H groups in total. The number of hydrogen-bond donors (Lipinski definition) is 0. The van der Waals surface area contributed by atoms with Crippen molar-refractivity contribution in [2.75, 3.05) is 0 Å². The number of rotatable bonds is 0. The molecule has 0 saturated carbocycles. The van der Waals surface area contributed by atoms with Crippen LogP contribution in [0.25, 0.3) is 0 Å². The Labute approximate surface area is 76.6 Å². The van der Waals surface area contributed by atoms with Crippen LogP contribution in [0.3, 0.4) is 0 Å². The van der Waals surface area contributed by atoms with Gasteiger partial charge in [-0.1, -0.05) is 24.3 Å². The Morgan fingerprint density at radius 1 is 1.00 bits per heavy atom. The van der Waals surface area contributed by atoms with E-state index in [9.17, 15) is 9.59 Å². The van der Waals surface area contributed by atoms with E-state index >= 15 is 0 Å². The number of hydrogen-bond acceptors (Lipinski definition) is 2. The van der Waals surface area contributed by atoms with Crippen LogP contribution < -0.4 is 0 Å². The lowest BCUT2D eigenvalue weighted by molar-refractivity contribution is -0.118. The summed E-state index contributed by atoms with van der Waals surface area (Å²) in [5, 5.41) is 0. The molecule has 0 spiro atoms. The summed E-state index contributed by atoms with van der Waals surface area (Å²) in [6.45, 7) is 0. The SMILES string of the molecule is O=C1CCC(=O)c2ccccc2C1. The minimum Gasteiger partial charge on any atom is -0.299 e. The molecule has 2 rings (SSSR count). The van der Waals surface area contributed by atoms with Crippen LogP contribution in [0.15, 0.2) is 24.3 Å². The highest BCUT2D eigenvalue weighted by Gasteiger charge is 2.18. The van der Waals surface area contributed by atoms with Gasteiger partial charge < -0.3 is 0 Å². The van der Waals surface area contributed by atoms with Crippen molar-refractivity contribution in [3.63, 3.8) is 0 Å². The van der Waals surface area contributed by atoms with Crippen molar-refractivity contribution in [3.05, 3.63) is 35.4 Å². The van der Waals surface area contributed by atoms with Crippen LogP contribution in [-0.4, -0.2) is 11.6 Å². The van der Waals surface area contributed by atoms with Crippen molar-refractivity contribution in [1.82, 2.24) is 0 Å². The summed E-state index contributed by atoms with van der Waals surface area (Å²) in [6.07, 6.45) is 1.19. The van der Waals surface area contributed by atoms with E-state index in [4.69, 9.17) is 0 Å². The lowest BCUT2D eigenvalue weighted by Crippen LogP contribution is -1.99. The van der Waals surface area contributed by atoms with Crippen molar-refractivity contribution < 1.29 is 9.59 Å². The third-order valence-electron chi connectivity index (χ3n) is 2.34. The van der Waals surface area contributed by atoms with E-state index in [2.05, 4.69) is 0 Å². The zero-order valence-corrected chi connectivity index (χ0v) is 7.25. The van der Waals surface area contributed by atoms with Crippen molar-refractivity contribution >= 4 is 11.6 Å². The summed E-state index contributed by atoms with van der Waals surface area (Å²) in [5.41, 5.74) is 1.61. The van der Waals surface area contributed by atoms with Crippen molar-refractivity contribution in [3.8, 4) is 0 Å². The molecule has 1 aliphatic carbocycles. The van der Waals surface area contributed by atoms with Gasteiger partial charge in [-0.2, -0.15) is 0 Å². The summed E-state index contributed by atoms with van der Waals surface area (Å²) >= 11 is 0. The molecular weight excluding hydrogens is 164 g/mol. The molecule has 0 aromatic heterocycles. The van der Waals surface area contributed by atoms with E-state index in [1.165, 1.54) is 0 Å². The molecule has 1 aromatic rings. The lowest BCUT2D eigenvalue weighted by Gasteiger charge is -2.00. The smallest absolute Gasteiger partial charge is 0.163 e. The second-order valence-electron chi connectivity index (χ2n) is 3.30. The van der Waals surface area contributed by atoms with Crippen LogP contribution in [0.1, 0.15) is 28.8 Å². The van der Waals surface area contributed by atoms with Crippen LogP contribution in [0.5, 0.6) is 0 Å². The molecule has 0 amide bonds. The highest BCUT2D eigenvalue weighted by molar-refractivity contribution is 6.02. The van der Waals surface area contributed by atoms with Crippen molar-refractivity contribution in [1.29, 1.82) is 0 Å². The van der Waals surface area contributed by atoms with Gasteiger partial charge in [0.25, 0.3) is 0 Å². The third-order valence-corrected chi connectivity index (χ3v) is 2.34. The highest BCUT2D eigenvalue weighted by atomic mass is 16.1. The molecule has 2 heteroatoms. The van der Waals surface area contributed by atoms with E-state index in [1.54, 1.807) is 6.07 Å². The summed E-state index contributed by atoms with van der Waals surface area (Å²) in [6, 6.07) is 7.37. The summed E-state index contributed by atoms with van der Waals surface area (Å²) in [4.78, 5) is 22.7. The maximum Gasteiger partial charge on any atom is 0.163 e. The minimum atomic E-state index is 0.0986. The maximum absolute atomic E-state index is 11.5. The topological polar surface area (TPSA) is 34.1 Å². The van der Waals surface area contributed by atoms with Gasteiger partial charge in [0, 0.05) is 24.8 Å². The standard InChI is InChI=1S/C11H10O2/c12-9-5-6-11(13)10-4-2-1-3-8(10)7-9/h1-4H,5-7H2. The molecule has 66 valence electrons. The summed E-state index contributed by atoms with van der Waals surface area (Å²) in [7, 11) is 0. The van der Waals surface area contributed by atoms with Gasteiger partial charge in [0.05, 0.1) is 0 Å². The molecule has 0 radical (unpaired) electrons. The lowest BCUT2D eigenvalue weighted by atomic mass is 10.0. The Balaban J connectivity index is 2.49. The van der Waals surface area contributed by atoms with Crippen LogP contribution in [0, 0.1) is 0 Å². The van der Waals surface area contributed by atoms with Gasteiger partial charge in [0.1, 0.15) is 5.78 Å². The Morgan fingerprint density at radius 3 is 2.62 bits per heavy atom. The van der Waals surface area contributed by atoms with Crippen LogP contribution in [-0.2, 0) is 11.2 Å². The van der Waals surface area contributed by atoms with Crippen molar-refractivity contribution in [2.24, 2.45) is 0 Å². The first-order valence-electron chi connectivity index (χ1n) is 4.40. The van der Waals surface area contributed by atoms with Crippen LogP contribution >= 0.6 is 0 Å². The third kappa shape index (κ3) is 1.52. The molecule has 0 aliphatic heterocycles. The number of ketones is 2. The van der Waals surface area contributed by atoms with Gasteiger partial charge in [0.15, 0.2) is 5.78 Å². The number of fused-ring (bicyclic) bond motifs is 1. The van der Waals surface area contributed by atoms with Crippen LogP contribution in [0.2, 0.25) is 0 Å². The Morgan fingerprint density at radius 2 is 1.77 bits per heavy atom. The number of Topliss-reactive ketones (excluding diaryl/α,β-unsaturated/α-hetero) is 2. The molecule has 0 fully saturated rings. The second kappa shape index (κ2) is 3.13. The van der Waals surface area contributed by atoms with E-state index in [0.29, 0.717) is 19.3 Å². The fraction of sp³-hybridized carbons (Fsp3) is 0.273. The maximum atomic E-state index is 11.5. The molecule has 1 aliphatic rings. The number of carbonyl (C=O) groups excluding carboxylic acids is 2. The molecule has 0 unspecified atom stereocenters. The van der Waals surface area contributed by atoms with Gasteiger partial charge in [-0.3, -0.25) is 9.59 Å². The van der Waals surface area contributed by atoms with E-state index in [-0.39, 0.29) is 11.6 Å². The predicted molar refractivity (Wildman–Crippen MR) is 48.7 cm³/mol. The van der Waals surface area contributed by atoms with E-state index in [0.717, 1.165) is 11.1 Å². The number of carbonyl (C=O) groups is 2. The minimum absolute atomic E-state index is 0.0986. The fourth-order valence-electron chi connectivity index (χ4n) is 1.63. The monoisotopic (exact) mass is 174 g/mol. The molecule has 13 heavy (non-hydrogen) atoms. The molecule has 0 atom stereocenters. The number of benzene rings is 1. The van der Waals surface area contributed by atoms with Gasteiger partial charge in [-0.05, 0) is 5.56 Å². The molecule has 0 bridgehead atoms. The summed E-state index contributed by atoms with van der Waals surface area (Å²) in [5.74, 6) is 0.264. The fourth-order valence-corrected chi connectivity index (χ4v) is 1.63. The van der Waals surface area contributed by atoms with Crippen LogP contribution in [0.4, 0.5) is 0 Å². The highest BCUT2D eigenvalue weighted by Crippen LogP contribution is 2.17.